The fourth-order valence-corrected chi connectivity index (χ4v) is 4.41. The van der Waals surface area contributed by atoms with Crippen LogP contribution < -0.4 is 15.4 Å². The molecule has 1 atom stereocenters. The van der Waals surface area contributed by atoms with Gasteiger partial charge in [-0.15, -0.1) is 11.3 Å². The second kappa shape index (κ2) is 8.14. The molecule has 3 heterocycles. The second-order valence-electron chi connectivity index (χ2n) is 7.60. The lowest BCUT2D eigenvalue weighted by Crippen LogP contribution is -2.34. The molecule has 5 rings (SSSR count). The summed E-state index contributed by atoms with van der Waals surface area (Å²) in [7, 11) is 0. The Labute approximate surface area is 192 Å². The Balaban J connectivity index is 1.22. The molecule has 0 bridgehead atoms. The number of imide groups is 1. The molecule has 4 amide bonds. The van der Waals surface area contributed by atoms with Crippen molar-refractivity contribution in [3.05, 3.63) is 59.0 Å². The van der Waals surface area contributed by atoms with Gasteiger partial charge in [0.2, 0.25) is 5.91 Å². The van der Waals surface area contributed by atoms with Crippen molar-refractivity contribution in [1.82, 2.24) is 9.88 Å². The van der Waals surface area contributed by atoms with E-state index in [2.05, 4.69) is 15.6 Å². The van der Waals surface area contributed by atoms with Crippen molar-refractivity contribution in [1.29, 1.82) is 0 Å². The van der Waals surface area contributed by atoms with Gasteiger partial charge in [0.15, 0.2) is 11.2 Å². The molecular weight excluding hydrogens is 444 g/mol. The lowest BCUT2D eigenvalue weighted by molar-refractivity contribution is -0.122. The number of amides is 4. The van der Waals surface area contributed by atoms with Gasteiger partial charge in [0.1, 0.15) is 5.75 Å². The SMILES string of the molecule is C[C@H]1Oc2ccc(-c3csc(NC(=O)CCN4C(=O)c5ccccc5C4=O)n3)cc2NC1=O. The topological polar surface area (TPSA) is 118 Å². The van der Waals surface area contributed by atoms with Crippen LogP contribution in [0, 0.1) is 0 Å². The highest BCUT2D eigenvalue weighted by Gasteiger charge is 2.35. The summed E-state index contributed by atoms with van der Waals surface area (Å²) in [6, 6.07) is 12.0. The van der Waals surface area contributed by atoms with E-state index in [1.807, 2.05) is 6.07 Å². The summed E-state index contributed by atoms with van der Waals surface area (Å²) in [6.07, 6.45) is -0.592. The van der Waals surface area contributed by atoms with Crippen molar-refractivity contribution in [2.75, 3.05) is 17.2 Å². The average Bonchev–Trinajstić information content (AvgIpc) is 3.36. The van der Waals surface area contributed by atoms with Gasteiger partial charge in [-0.2, -0.15) is 0 Å². The number of thiazole rings is 1. The van der Waals surface area contributed by atoms with E-state index in [9.17, 15) is 19.2 Å². The predicted molar refractivity (Wildman–Crippen MR) is 121 cm³/mol. The molecule has 10 heteroatoms. The van der Waals surface area contributed by atoms with Gasteiger partial charge in [-0.3, -0.25) is 24.1 Å². The number of carbonyl (C=O) groups is 4. The first-order chi connectivity index (χ1) is 15.9. The van der Waals surface area contributed by atoms with Crippen LogP contribution >= 0.6 is 11.3 Å². The van der Waals surface area contributed by atoms with Crippen molar-refractivity contribution in [3.63, 3.8) is 0 Å². The minimum Gasteiger partial charge on any atom is -0.479 e. The second-order valence-corrected chi connectivity index (χ2v) is 8.46. The summed E-state index contributed by atoms with van der Waals surface area (Å²) in [5, 5.41) is 7.69. The van der Waals surface area contributed by atoms with Gasteiger partial charge < -0.3 is 15.4 Å². The van der Waals surface area contributed by atoms with E-state index in [0.717, 1.165) is 10.5 Å². The van der Waals surface area contributed by atoms with Crippen molar-refractivity contribution >= 4 is 45.8 Å². The smallest absolute Gasteiger partial charge is 0.265 e. The molecule has 166 valence electrons. The molecule has 0 saturated carbocycles. The molecule has 1 aromatic heterocycles. The Morgan fingerprint density at radius 1 is 1.15 bits per heavy atom. The van der Waals surface area contributed by atoms with Crippen LogP contribution in [0.1, 0.15) is 34.1 Å². The molecule has 0 unspecified atom stereocenters. The maximum absolute atomic E-state index is 12.4. The number of hydrogen-bond donors (Lipinski definition) is 2. The zero-order chi connectivity index (χ0) is 23.1. The molecule has 2 aliphatic heterocycles. The van der Waals surface area contributed by atoms with Gasteiger partial charge in [-0.05, 0) is 37.3 Å². The fourth-order valence-electron chi connectivity index (χ4n) is 3.67. The normalized spacial score (nSPS) is 16.7. The molecule has 33 heavy (non-hydrogen) atoms. The summed E-state index contributed by atoms with van der Waals surface area (Å²) >= 11 is 1.25. The maximum Gasteiger partial charge on any atom is 0.265 e. The maximum atomic E-state index is 12.4. The number of nitrogens with zero attached hydrogens (tertiary/aromatic N) is 2. The molecule has 0 spiro atoms. The number of anilines is 2. The van der Waals surface area contributed by atoms with Gasteiger partial charge in [-0.1, -0.05) is 12.1 Å². The molecular formula is C23H18N4O5S. The third-order valence-electron chi connectivity index (χ3n) is 5.40. The highest BCUT2D eigenvalue weighted by molar-refractivity contribution is 7.14. The van der Waals surface area contributed by atoms with Gasteiger partial charge in [0.25, 0.3) is 17.7 Å². The number of rotatable bonds is 5. The van der Waals surface area contributed by atoms with Crippen LogP contribution in [0.3, 0.4) is 0 Å². The van der Waals surface area contributed by atoms with Crippen molar-refractivity contribution < 1.29 is 23.9 Å². The lowest BCUT2D eigenvalue weighted by Gasteiger charge is -2.23. The highest BCUT2D eigenvalue weighted by atomic mass is 32.1. The van der Waals surface area contributed by atoms with E-state index < -0.39 is 17.9 Å². The van der Waals surface area contributed by atoms with Crippen LogP contribution in [-0.2, 0) is 9.59 Å². The number of benzene rings is 2. The first-order valence-electron chi connectivity index (χ1n) is 10.2. The van der Waals surface area contributed by atoms with E-state index in [1.165, 1.54) is 11.3 Å². The van der Waals surface area contributed by atoms with Crippen LogP contribution in [0.4, 0.5) is 10.8 Å². The zero-order valence-corrected chi connectivity index (χ0v) is 18.3. The van der Waals surface area contributed by atoms with Crippen LogP contribution in [0.15, 0.2) is 47.8 Å². The number of aromatic nitrogens is 1. The first-order valence-corrected chi connectivity index (χ1v) is 11.1. The van der Waals surface area contributed by atoms with Crippen LogP contribution in [0.5, 0.6) is 5.75 Å². The van der Waals surface area contributed by atoms with Gasteiger partial charge >= 0.3 is 0 Å². The predicted octanol–water partition coefficient (Wildman–Crippen LogP) is 3.15. The van der Waals surface area contributed by atoms with E-state index >= 15 is 0 Å². The molecule has 3 aromatic rings. The summed E-state index contributed by atoms with van der Waals surface area (Å²) in [5.74, 6) is -0.769. The Morgan fingerprint density at radius 3 is 2.61 bits per heavy atom. The van der Waals surface area contributed by atoms with Crippen LogP contribution in [-0.4, -0.2) is 46.2 Å². The number of fused-ring (bicyclic) bond motifs is 2. The summed E-state index contributed by atoms with van der Waals surface area (Å²) in [5.41, 5.74) is 2.67. The third-order valence-corrected chi connectivity index (χ3v) is 6.16. The summed E-state index contributed by atoms with van der Waals surface area (Å²) in [6.45, 7) is 1.66. The van der Waals surface area contributed by atoms with Gasteiger partial charge in [-0.25, -0.2) is 4.98 Å². The minimum atomic E-state index is -0.551. The van der Waals surface area contributed by atoms with Gasteiger partial charge in [0, 0.05) is 23.9 Å². The standard InChI is InChI=1S/C23H18N4O5S/c1-12-20(29)24-16-10-13(6-7-18(16)32-12)17-11-33-23(25-17)26-19(28)8-9-27-21(30)14-4-2-3-5-15(14)22(27)31/h2-7,10-12H,8-9H2,1H3,(H,24,29)(H,25,26,28)/t12-/m1/s1. The quantitative estimate of drug-likeness (QED) is 0.563. The van der Waals surface area contributed by atoms with Crippen molar-refractivity contribution in [3.8, 4) is 17.0 Å². The molecule has 2 aliphatic rings. The molecule has 2 N–H and O–H groups in total. The Morgan fingerprint density at radius 2 is 1.88 bits per heavy atom. The van der Waals surface area contributed by atoms with Crippen molar-refractivity contribution in [2.24, 2.45) is 0 Å². The Kier molecular flexibility index (Phi) is 5.14. The Bertz CT molecular complexity index is 1280. The number of carbonyl (C=O) groups excluding carboxylic acids is 4. The third kappa shape index (κ3) is 3.85. The molecule has 0 radical (unpaired) electrons. The zero-order valence-electron chi connectivity index (χ0n) is 17.5. The number of ether oxygens (including phenoxy) is 1. The van der Waals surface area contributed by atoms with E-state index in [0.29, 0.717) is 33.4 Å². The molecule has 0 saturated heterocycles. The lowest BCUT2D eigenvalue weighted by atomic mass is 10.1. The molecule has 9 nitrogen and oxygen atoms in total. The Hall–Kier alpha value is -4.05. The first kappa shape index (κ1) is 20.8. The molecule has 0 fully saturated rings. The average molecular weight is 462 g/mol. The van der Waals surface area contributed by atoms with Crippen LogP contribution in [0.2, 0.25) is 0 Å². The summed E-state index contributed by atoms with van der Waals surface area (Å²) in [4.78, 5) is 54.6. The largest absolute Gasteiger partial charge is 0.479 e. The number of nitrogens with one attached hydrogen (secondary N) is 2. The van der Waals surface area contributed by atoms with E-state index in [4.69, 9.17) is 4.74 Å². The minimum absolute atomic E-state index is 0.0145. The molecule has 0 aliphatic carbocycles. The fraction of sp³-hybridized carbons (Fsp3) is 0.174. The molecule has 2 aromatic carbocycles. The van der Waals surface area contributed by atoms with E-state index in [-0.39, 0.29) is 24.8 Å². The highest BCUT2D eigenvalue weighted by Crippen LogP contribution is 2.35. The van der Waals surface area contributed by atoms with E-state index in [1.54, 1.807) is 48.7 Å². The van der Waals surface area contributed by atoms with Crippen molar-refractivity contribution in [2.45, 2.75) is 19.4 Å². The van der Waals surface area contributed by atoms with Crippen LogP contribution in [0.25, 0.3) is 11.3 Å². The summed E-state index contributed by atoms with van der Waals surface area (Å²) < 4.78 is 5.56. The monoisotopic (exact) mass is 462 g/mol. The number of hydrogen-bond acceptors (Lipinski definition) is 7. The van der Waals surface area contributed by atoms with Gasteiger partial charge in [0.05, 0.1) is 22.5 Å².